The summed E-state index contributed by atoms with van der Waals surface area (Å²) in [4.78, 5) is 15.8. The van der Waals surface area contributed by atoms with Crippen molar-refractivity contribution in [1.29, 1.82) is 0 Å². The molecule has 112 valence electrons. The molecule has 0 aliphatic rings. The van der Waals surface area contributed by atoms with Gasteiger partial charge >= 0.3 is 0 Å². The predicted molar refractivity (Wildman–Crippen MR) is 81.4 cm³/mol. The Balaban J connectivity index is 1.54. The van der Waals surface area contributed by atoms with Gasteiger partial charge < -0.3 is 5.32 Å². The highest BCUT2D eigenvalue weighted by Crippen LogP contribution is 2.14. The molecule has 1 N–H and O–H groups in total. The first-order chi connectivity index (χ1) is 10.8. The molecule has 0 aliphatic heterocycles. The minimum absolute atomic E-state index is 0.0160. The summed E-state index contributed by atoms with van der Waals surface area (Å²) in [5.41, 5.74) is 1.67. The van der Waals surface area contributed by atoms with Crippen LogP contribution in [0.4, 0.5) is 5.69 Å². The van der Waals surface area contributed by atoms with Crippen molar-refractivity contribution in [3.8, 4) is 5.69 Å². The van der Waals surface area contributed by atoms with Gasteiger partial charge in [0.15, 0.2) is 0 Å². The molecule has 1 aromatic carbocycles. The zero-order valence-corrected chi connectivity index (χ0v) is 12.0. The summed E-state index contributed by atoms with van der Waals surface area (Å²) in [5, 5.41) is 11.1. The summed E-state index contributed by atoms with van der Waals surface area (Å²) >= 11 is 0. The van der Waals surface area contributed by atoms with Gasteiger partial charge in [-0.25, -0.2) is 9.67 Å². The van der Waals surface area contributed by atoms with E-state index < -0.39 is 0 Å². The Morgan fingerprint density at radius 2 is 2.18 bits per heavy atom. The van der Waals surface area contributed by atoms with E-state index in [1.807, 2.05) is 36.5 Å². The molecule has 2 heterocycles. The van der Waals surface area contributed by atoms with Crippen molar-refractivity contribution in [3.05, 3.63) is 55.4 Å². The number of carbonyl (C=O) groups excluding carboxylic acids is 1. The van der Waals surface area contributed by atoms with Gasteiger partial charge in [-0.3, -0.25) is 9.48 Å². The van der Waals surface area contributed by atoms with Gasteiger partial charge in [-0.2, -0.15) is 10.2 Å². The van der Waals surface area contributed by atoms with E-state index in [0.29, 0.717) is 19.4 Å². The summed E-state index contributed by atoms with van der Waals surface area (Å²) in [6.45, 7) is 0.681. The smallest absolute Gasteiger partial charge is 0.224 e. The Kier molecular flexibility index (Phi) is 4.24. The van der Waals surface area contributed by atoms with Gasteiger partial charge in [0.25, 0.3) is 0 Å². The number of hydrogen-bond donors (Lipinski definition) is 1. The molecule has 0 saturated heterocycles. The summed E-state index contributed by atoms with van der Waals surface area (Å²) in [6, 6.07) is 9.44. The molecule has 22 heavy (non-hydrogen) atoms. The van der Waals surface area contributed by atoms with Crippen molar-refractivity contribution in [3.63, 3.8) is 0 Å². The zero-order chi connectivity index (χ0) is 15.2. The van der Waals surface area contributed by atoms with E-state index >= 15 is 0 Å². The van der Waals surface area contributed by atoms with E-state index in [0.717, 1.165) is 11.4 Å². The van der Waals surface area contributed by atoms with Crippen LogP contribution < -0.4 is 5.32 Å². The molecule has 1 amide bonds. The van der Waals surface area contributed by atoms with E-state index in [1.165, 1.54) is 6.33 Å². The van der Waals surface area contributed by atoms with Gasteiger partial charge in [0, 0.05) is 31.0 Å². The highest BCUT2D eigenvalue weighted by atomic mass is 16.1. The van der Waals surface area contributed by atoms with Crippen LogP contribution in [0.15, 0.2) is 55.4 Å². The van der Waals surface area contributed by atoms with Crippen LogP contribution in [0.1, 0.15) is 12.8 Å². The van der Waals surface area contributed by atoms with Gasteiger partial charge in [-0.1, -0.05) is 6.07 Å². The number of rotatable bonds is 6. The van der Waals surface area contributed by atoms with Gasteiger partial charge in [0.2, 0.25) is 5.91 Å². The van der Waals surface area contributed by atoms with Gasteiger partial charge in [-0.15, -0.1) is 0 Å². The topological polar surface area (TPSA) is 77.6 Å². The summed E-state index contributed by atoms with van der Waals surface area (Å²) in [5.74, 6) is -0.0160. The second-order valence-corrected chi connectivity index (χ2v) is 4.81. The van der Waals surface area contributed by atoms with E-state index in [1.54, 1.807) is 21.9 Å². The highest BCUT2D eigenvalue weighted by Gasteiger charge is 2.04. The predicted octanol–water partition coefficient (Wildman–Crippen LogP) is 1.88. The zero-order valence-electron chi connectivity index (χ0n) is 12.0. The van der Waals surface area contributed by atoms with Crippen molar-refractivity contribution >= 4 is 11.6 Å². The molecule has 0 bridgehead atoms. The molecule has 0 fully saturated rings. The van der Waals surface area contributed by atoms with Crippen LogP contribution in [-0.4, -0.2) is 30.5 Å². The minimum atomic E-state index is -0.0160. The number of carbonyl (C=O) groups is 1. The number of hydrogen-bond acceptors (Lipinski definition) is 4. The maximum absolute atomic E-state index is 12.0. The van der Waals surface area contributed by atoms with Crippen LogP contribution in [0, 0.1) is 0 Å². The molecule has 7 heteroatoms. The third kappa shape index (κ3) is 3.57. The molecular formula is C15H16N6O. The molecule has 3 aromatic rings. The largest absolute Gasteiger partial charge is 0.326 e. The van der Waals surface area contributed by atoms with Crippen molar-refractivity contribution in [2.75, 3.05) is 5.32 Å². The lowest BCUT2D eigenvalue weighted by Crippen LogP contribution is -2.12. The standard InChI is InChI=1S/C15H16N6O/c22-15(6-2-8-20-12-16-11-18-20)19-13-4-1-5-14(10-13)21-9-3-7-17-21/h1,3-5,7,9-12H,2,6,8H2,(H,19,22). The first kappa shape index (κ1) is 14.0. The normalized spacial score (nSPS) is 10.5. The molecule has 0 radical (unpaired) electrons. The number of aryl methyl sites for hydroxylation is 1. The van der Waals surface area contributed by atoms with Crippen LogP contribution in [-0.2, 0) is 11.3 Å². The summed E-state index contributed by atoms with van der Waals surface area (Å²) in [7, 11) is 0. The van der Waals surface area contributed by atoms with Crippen molar-refractivity contribution in [2.24, 2.45) is 0 Å². The molecule has 0 unspecified atom stereocenters. The summed E-state index contributed by atoms with van der Waals surface area (Å²) in [6.07, 6.45) is 7.86. The number of nitrogens with zero attached hydrogens (tertiary/aromatic N) is 5. The second-order valence-electron chi connectivity index (χ2n) is 4.81. The molecule has 0 saturated carbocycles. The van der Waals surface area contributed by atoms with E-state index in [2.05, 4.69) is 20.5 Å². The third-order valence-electron chi connectivity index (χ3n) is 3.16. The van der Waals surface area contributed by atoms with Crippen molar-refractivity contribution in [1.82, 2.24) is 24.5 Å². The average Bonchev–Trinajstić information content (AvgIpc) is 3.21. The molecule has 0 aliphatic carbocycles. The van der Waals surface area contributed by atoms with Crippen LogP contribution in [0.3, 0.4) is 0 Å². The fourth-order valence-corrected chi connectivity index (χ4v) is 2.12. The maximum atomic E-state index is 12.0. The van der Waals surface area contributed by atoms with Crippen LogP contribution in [0.5, 0.6) is 0 Å². The van der Waals surface area contributed by atoms with Crippen molar-refractivity contribution < 1.29 is 4.79 Å². The van der Waals surface area contributed by atoms with Crippen LogP contribution in [0.25, 0.3) is 5.69 Å². The lowest BCUT2D eigenvalue weighted by atomic mass is 10.2. The van der Waals surface area contributed by atoms with Gasteiger partial charge in [0.05, 0.1) is 5.69 Å². The molecule has 0 atom stereocenters. The molecule has 0 spiro atoms. The maximum Gasteiger partial charge on any atom is 0.224 e. The quantitative estimate of drug-likeness (QED) is 0.753. The first-order valence-corrected chi connectivity index (χ1v) is 7.03. The molecule has 3 rings (SSSR count). The van der Waals surface area contributed by atoms with Crippen LogP contribution in [0.2, 0.25) is 0 Å². The number of benzene rings is 1. The number of anilines is 1. The van der Waals surface area contributed by atoms with Crippen LogP contribution >= 0.6 is 0 Å². The molecule has 2 aromatic heterocycles. The average molecular weight is 296 g/mol. The van der Waals surface area contributed by atoms with Gasteiger partial charge in [0.1, 0.15) is 12.7 Å². The lowest BCUT2D eigenvalue weighted by Gasteiger charge is -2.07. The van der Waals surface area contributed by atoms with Crippen molar-refractivity contribution in [2.45, 2.75) is 19.4 Å². The number of nitrogens with one attached hydrogen (secondary N) is 1. The number of aromatic nitrogens is 5. The molecular weight excluding hydrogens is 280 g/mol. The Morgan fingerprint density at radius 3 is 2.95 bits per heavy atom. The molecule has 7 nitrogen and oxygen atoms in total. The van der Waals surface area contributed by atoms with Gasteiger partial charge in [-0.05, 0) is 30.7 Å². The summed E-state index contributed by atoms with van der Waals surface area (Å²) < 4.78 is 3.46. The minimum Gasteiger partial charge on any atom is -0.326 e. The lowest BCUT2D eigenvalue weighted by molar-refractivity contribution is -0.116. The highest BCUT2D eigenvalue weighted by molar-refractivity contribution is 5.90. The Hall–Kier alpha value is -2.96. The fourth-order valence-electron chi connectivity index (χ4n) is 2.12. The monoisotopic (exact) mass is 296 g/mol. The third-order valence-corrected chi connectivity index (χ3v) is 3.16. The Morgan fingerprint density at radius 1 is 1.23 bits per heavy atom. The second kappa shape index (κ2) is 6.66. The Bertz CT molecular complexity index is 720. The first-order valence-electron chi connectivity index (χ1n) is 7.03. The SMILES string of the molecule is O=C(CCCn1cncn1)Nc1cccc(-n2cccn2)c1. The fraction of sp³-hybridized carbons (Fsp3) is 0.200. The van der Waals surface area contributed by atoms with E-state index in [4.69, 9.17) is 0 Å². The van der Waals surface area contributed by atoms with E-state index in [-0.39, 0.29) is 5.91 Å². The Labute approximate surface area is 127 Å². The number of amides is 1. The van der Waals surface area contributed by atoms with E-state index in [9.17, 15) is 4.79 Å².